The third-order valence-corrected chi connectivity index (χ3v) is 2.69. The molecule has 0 aliphatic rings. The minimum atomic E-state index is -0.349. The Morgan fingerprint density at radius 1 is 1.22 bits per heavy atom. The van der Waals surface area contributed by atoms with Crippen LogP contribution in [-0.2, 0) is 0 Å². The van der Waals surface area contributed by atoms with Crippen molar-refractivity contribution in [1.82, 2.24) is 4.90 Å². The lowest BCUT2D eigenvalue weighted by atomic mass is 10.2. The van der Waals surface area contributed by atoms with E-state index in [9.17, 15) is 9.50 Å². The molecule has 4 heteroatoms. The van der Waals surface area contributed by atoms with Crippen molar-refractivity contribution >= 4 is 0 Å². The number of ether oxygens (including phenoxy) is 1. The van der Waals surface area contributed by atoms with Gasteiger partial charge in [-0.2, -0.15) is 0 Å². The van der Waals surface area contributed by atoms with Gasteiger partial charge >= 0.3 is 0 Å². The molecule has 1 N–H and O–H groups in total. The van der Waals surface area contributed by atoms with Gasteiger partial charge in [-0.15, -0.1) is 0 Å². The van der Waals surface area contributed by atoms with Gasteiger partial charge in [0.1, 0.15) is 18.2 Å². The number of nitrogens with zero attached hydrogens (tertiary/aromatic N) is 1. The van der Waals surface area contributed by atoms with Crippen molar-refractivity contribution in [1.29, 1.82) is 0 Å². The van der Waals surface area contributed by atoms with Crippen LogP contribution in [0.4, 0.5) is 4.39 Å². The Morgan fingerprint density at radius 3 is 2.33 bits per heavy atom. The first kappa shape index (κ1) is 14.9. The molecule has 0 radical (unpaired) electrons. The number of halogens is 1. The van der Waals surface area contributed by atoms with Crippen LogP contribution in [0.25, 0.3) is 0 Å². The molecule has 0 amide bonds. The van der Waals surface area contributed by atoms with Gasteiger partial charge in [-0.05, 0) is 45.0 Å². The highest BCUT2D eigenvalue weighted by molar-refractivity contribution is 5.21. The molecular formula is C14H22FNO2. The van der Waals surface area contributed by atoms with Crippen molar-refractivity contribution in [3.8, 4) is 5.75 Å². The number of hydrogen-bond acceptors (Lipinski definition) is 3. The zero-order valence-corrected chi connectivity index (χ0v) is 11.3. The highest BCUT2D eigenvalue weighted by atomic mass is 19.1. The van der Waals surface area contributed by atoms with Crippen molar-refractivity contribution in [2.45, 2.75) is 32.9 Å². The van der Waals surface area contributed by atoms with E-state index in [1.165, 1.54) is 12.1 Å². The topological polar surface area (TPSA) is 32.7 Å². The molecule has 1 rings (SSSR count). The van der Waals surface area contributed by atoms with Crippen molar-refractivity contribution in [2.75, 3.05) is 19.7 Å². The van der Waals surface area contributed by atoms with Crippen LogP contribution in [-0.4, -0.2) is 41.8 Å². The number of aliphatic hydroxyl groups is 1. The summed E-state index contributed by atoms with van der Waals surface area (Å²) in [4.78, 5) is 2.15. The zero-order chi connectivity index (χ0) is 13.5. The maximum atomic E-state index is 12.7. The minimum absolute atomic E-state index is 0.264. The second-order valence-electron chi connectivity index (χ2n) is 4.74. The fraction of sp³-hybridized carbons (Fsp3) is 0.571. The largest absolute Gasteiger partial charge is 0.492 e. The molecular weight excluding hydrogens is 233 g/mol. The zero-order valence-electron chi connectivity index (χ0n) is 11.3. The normalized spacial score (nSPS) is 13.1. The maximum Gasteiger partial charge on any atom is 0.123 e. The summed E-state index contributed by atoms with van der Waals surface area (Å²) in [5, 5.41) is 9.39. The smallest absolute Gasteiger partial charge is 0.123 e. The van der Waals surface area contributed by atoms with Crippen LogP contribution in [0.3, 0.4) is 0 Å². The van der Waals surface area contributed by atoms with Crippen molar-refractivity contribution in [3.63, 3.8) is 0 Å². The van der Waals surface area contributed by atoms with Gasteiger partial charge in [-0.1, -0.05) is 0 Å². The van der Waals surface area contributed by atoms with E-state index in [1.54, 1.807) is 19.1 Å². The fourth-order valence-electron chi connectivity index (χ4n) is 1.71. The Hall–Kier alpha value is -1.13. The molecule has 0 saturated carbocycles. The molecule has 0 bridgehead atoms. The molecule has 0 heterocycles. The van der Waals surface area contributed by atoms with Crippen molar-refractivity contribution < 1.29 is 14.2 Å². The summed E-state index contributed by atoms with van der Waals surface area (Å²) in [6.07, 6.45) is -0.349. The highest BCUT2D eigenvalue weighted by Gasteiger charge is 2.11. The Morgan fingerprint density at radius 2 is 1.83 bits per heavy atom. The van der Waals surface area contributed by atoms with Crippen molar-refractivity contribution in [3.05, 3.63) is 30.1 Å². The van der Waals surface area contributed by atoms with E-state index in [1.807, 2.05) is 0 Å². The van der Waals surface area contributed by atoms with Gasteiger partial charge in [0.25, 0.3) is 0 Å². The average molecular weight is 255 g/mol. The molecule has 0 fully saturated rings. The molecule has 18 heavy (non-hydrogen) atoms. The Kier molecular flexibility index (Phi) is 6.09. The third kappa shape index (κ3) is 5.47. The van der Waals surface area contributed by atoms with Gasteiger partial charge in [0.05, 0.1) is 6.10 Å². The first-order chi connectivity index (χ1) is 8.49. The molecule has 0 aliphatic carbocycles. The number of benzene rings is 1. The molecule has 1 aromatic carbocycles. The predicted molar refractivity (Wildman–Crippen MR) is 70.3 cm³/mol. The van der Waals surface area contributed by atoms with E-state index in [2.05, 4.69) is 18.7 Å². The number of rotatable bonds is 7. The quantitative estimate of drug-likeness (QED) is 0.811. The highest BCUT2D eigenvalue weighted by Crippen LogP contribution is 2.11. The standard InChI is InChI=1S/C14H22FNO2/c1-11(2)16(10-12(3)17)8-9-18-14-6-4-13(15)5-7-14/h4-7,11-12,17H,8-10H2,1-3H3. The number of aliphatic hydroxyl groups excluding tert-OH is 1. The lowest BCUT2D eigenvalue weighted by molar-refractivity contribution is 0.0955. The second-order valence-corrected chi connectivity index (χ2v) is 4.74. The minimum Gasteiger partial charge on any atom is -0.492 e. The Labute approximate surface area is 108 Å². The van der Waals surface area contributed by atoms with Gasteiger partial charge in [0.15, 0.2) is 0 Å². The molecule has 0 aromatic heterocycles. The summed E-state index contributed by atoms with van der Waals surface area (Å²) in [6.45, 7) is 7.83. The molecule has 3 nitrogen and oxygen atoms in total. The molecule has 1 atom stereocenters. The third-order valence-electron chi connectivity index (χ3n) is 2.69. The van der Waals surface area contributed by atoms with Gasteiger partial charge in [-0.25, -0.2) is 4.39 Å². The fourth-order valence-corrected chi connectivity index (χ4v) is 1.71. The van der Waals surface area contributed by atoms with Crippen molar-refractivity contribution in [2.24, 2.45) is 0 Å². The molecule has 1 aromatic rings. The first-order valence-electron chi connectivity index (χ1n) is 6.29. The van der Waals surface area contributed by atoms with E-state index in [0.717, 1.165) is 6.54 Å². The molecule has 0 saturated heterocycles. The summed E-state index contributed by atoms with van der Waals surface area (Å²) in [6, 6.07) is 6.35. The summed E-state index contributed by atoms with van der Waals surface area (Å²) in [5.41, 5.74) is 0. The molecule has 0 spiro atoms. The van der Waals surface area contributed by atoms with Gasteiger partial charge in [-0.3, -0.25) is 4.90 Å². The molecule has 1 unspecified atom stereocenters. The summed E-state index contributed by atoms with van der Waals surface area (Å²) >= 11 is 0. The van der Waals surface area contributed by atoms with Crippen LogP contribution in [0.2, 0.25) is 0 Å². The van der Waals surface area contributed by atoms with Crippen LogP contribution >= 0.6 is 0 Å². The van der Waals surface area contributed by atoms with E-state index in [-0.39, 0.29) is 11.9 Å². The lowest BCUT2D eigenvalue weighted by Gasteiger charge is -2.27. The van der Waals surface area contributed by atoms with E-state index < -0.39 is 0 Å². The van der Waals surface area contributed by atoms with Gasteiger partial charge in [0.2, 0.25) is 0 Å². The maximum absolute atomic E-state index is 12.7. The second kappa shape index (κ2) is 7.34. The van der Waals surface area contributed by atoms with Crippen LogP contribution in [0, 0.1) is 5.82 Å². The van der Waals surface area contributed by atoms with Crippen LogP contribution in [0.5, 0.6) is 5.75 Å². The van der Waals surface area contributed by atoms with Gasteiger partial charge < -0.3 is 9.84 Å². The Balaban J connectivity index is 2.36. The van der Waals surface area contributed by atoms with E-state index in [0.29, 0.717) is 24.9 Å². The van der Waals surface area contributed by atoms with E-state index in [4.69, 9.17) is 4.74 Å². The average Bonchev–Trinajstić information content (AvgIpc) is 2.29. The SMILES string of the molecule is CC(O)CN(CCOc1ccc(F)cc1)C(C)C. The van der Waals surface area contributed by atoms with Gasteiger partial charge in [0, 0.05) is 19.1 Å². The lowest BCUT2D eigenvalue weighted by Crippen LogP contribution is -2.39. The summed E-state index contributed by atoms with van der Waals surface area (Å²) in [5.74, 6) is 0.400. The Bertz CT molecular complexity index is 338. The van der Waals surface area contributed by atoms with Crippen LogP contribution in [0.15, 0.2) is 24.3 Å². The molecule has 0 aliphatic heterocycles. The first-order valence-corrected chi connectivity index (χ1v) is 6.29. The van der Waals surface area contributed by atoms with Crippen LogP contribution < -0.4 is 4.74 Å². The van der Waals surface area contributed by atoms with Crippen LogP contribution in [0.1, 0.15) is 20.8 Å². The monoisotopic (exact) mass is 255 g/mol. The summed E-state index contributed by atoms with van der Waals surface area (Å²) < 4.78 is 18.2. The predicted octanol–water partition coefficient (Wildman–Crippen LogP) is 2.30. The molecule has 102 valence electrons. The summed E-state index contributed by atoms with van der Waals surface area (Å²) in [7, 11) is 0. The van der Waals surface area contributed by atoms with E-state index >= 15 is 0 Å². The number of hydrogen-bond donors (Lipinski definition) is 1.